The summed E-state index contributed by atoms with van der Waals surface area (Å²) in [5.74, 6) is -0.591. The molecule has 0 saturated carbocycles. The first-order valence-corrected chi connectivity index (χ1v) is 5.32. The predicted molar refractivity (Wildman–Crippen MR) is 61.1 cm³/mol. The molecule has 1 N–H and O–H groups in total. The molecule has 5 heteroatoms. The van der Waals surface area contributed by atoms with Gasteiger partial charge in [-0.05, 0) is 12.5 Å². The fraction of sp³-hybridized carbons (Fsp3) is 0.455. The fourth-order valence-corrected chi connectivity index (χ4v) is 1.39. The molecule has 0 aliphatic rings. The van der Waals surface area contributed by atoms with E-state index in [2.05, 4.69) is 12.2 Å². The molecule has 0 fully saturated rings. The molecule has 0 radical (unpaired) electrons. The minimum absolute atomic E-state index is 0.224. The summed E-state index contributed by atoms with van der Waals surface area (Å²) in [6.45, 7) is 2.79. The lowest BCUT2D eigenvalue weighted by molar-refractivity contribution is -0.385. The zero-order chi connectivity index (χ0) is 12.0. The van der Waals surface area contributed by atoms with Crippen molar-refractivity contribution >= 4 is 11.4 Å². The number of hydrogen-bond acceptors (Lipinski definition) is 3. The van der Waals surface area contributed by atoms with Crippen LogP contribution in [0.1, 0.15) is 26.2 Å². The highest BCUT2D eigenvalue weighted by Crippen LogP contribution is 2.19. The van der Waals surface area contributed by atoms with Crippen LogP contribution in [-0.2, 0) is 0 Å². The first kappa shape index (κ1) is 12.4. The molecular weight excluding hydrogens is 211 g/mol. The van der Waals surface area contributed by atoms with Gasteiger partial charge < -0.3 is 5.32 Å². The highest BCUT2D eigenvalue weighted by Gasteiger charge is 2.09. The highest BCUT2D eigenvalue weighted by molar-refractivity contribution is 5.51. The number of nitro benzene ring substituents is 1. The van der Waals surface area contributed by atoms with Gasteiger partial charge in [-0.1, -0.05) is 19.8 Å². The number of nitro groups is 1. The molecule has 1 aromatic carbocycles. The molecule has 88 valence electrons. The minimum atomic E-state index is -0.597. The van der Waals surface area contributed by atoms with Crippen LogP contribution >= 0.6 is 0 Å². The zero-order valence-corrected chi connectivity index (χ0v) is 9.20. The Kier molecular flexibility index (Phi) is 4.69. The molecule has 16 heavy (non-hydrogen) atoms. The van der Waals surface area contributed by atoms with Gasteiger partial charge in [-0.15, -0.1) is 0 Å². The monoisotopic (exact) mass is 226 g/mol. The second-order valence-corrected chi connectivity index (χ2v) is 3.59. The summed E-state index contributed by atoms with van der Waals surface area (Å²) in [6, 6.07) is 3.52. The second kappa shape index (κ2) is 6.05. The molecule has 0 heterocycles. The standard InChI is InChI=1S/C11H15FN2O2/c1-2-3-4-5-13-10-6-9(12)7-11(8-10)14(15)16/h6-8,13H,2-5H2,1H3. The Bertz CT molecular complexity index is 369. The van der Waals surface area contributed by atoms with Gasteiger partial charge in [0.2, 0.25) is 0 Å². The van der Waals surface area contributed by atoms with Crippen LogP contribution in [0.2, 0.25) is 0 Å². The zero-order valence-electron chi connectivity index (χ0n) is 9.20. The maximum atomic E-state index is 13.0. The van der Waals surface area contributed by atoms with E-state index in [0.29, 0.717) is 12.2 Å². The van der Waals surface area contributed by atoms with Crippen molar-refractivity contribution in [3.05, 3.63) is 34.1 Å². The third-order valence-electron chi connectivity index (χ3n) is 2.20. The maximum Gasteiger partial charge on any atom is 0.274 e. The Morgan fingerprint density at radius 3 is 2.75 bits per heavy atom. The molecular formula is C11H15FN2O2. The molecule has 0 amide bonds. The van der Waals surface area contributed by atoms with Crippen LogP contribution in [0.15, 0.2) is 18.2 Å². The van der Waals surface area contributed by atoms with E-state index in [1.165, 1.54) is 12.1 Å². The van der Waals surface area contributed by atoms with Gasteiger partial charge in [0.25, 0.3) is 5.69 Å². The lowest BCUT2D eigenvalue weighted by Crippen LogP contribution is -2.02. The van der Waals surface area contributed by atoms with Crippen LogP contribution < -0.4 is 5.32 Å². The third-order valence-corrected chi connectivity index (χ3v) is 2.20. The lowest BCUT2D eigenvalue weighted by Gasteiger charge is -2.05. The van der Waals surface area contributed by atoms with Crippen molar-refractivity contribution < 1.29 is 9.31 Å². The predicted octanol–water partition coefficient (Wildman–Crippen LogP) is 3.34. The quantitative estimate of drug-likeness (QED) is 0.460. The first-order valence-electron chi connectivity index (χ1n) is 5.32. The van der Waals surface area contributed by atoms with Crippen LogP contribution in [0, 0.1) is 15.9 Å². The number of nitrogens with zero attached hydrogens (tertiary/aromatic N) is 1. The largest absolute Gasteiger partial charge is 0.385 e. The number of unbranched alkanes of at least 4 members (excludes halogenated alkanes) is 2. The Labute approximate surface area is 93.6 Å². The number of non-ortho nitro benzene ring substituents is 1. The van der Waals surface area contributed by atoms with Gasteiger partial charge in [-0.25, -0.2) is 4.39 Å². The lowest BCUT2D eigenvalue weighted by atomic mass is 10.2. The van der Waals surface area contributed by atoms with E-state index >= 15 is 0 Å². The molecule has 0 bridgehead atoms. The van der Waals surface area contributed by atoms with Crippen molar-refractivity contribution in [2.75, 3.05) is 11.9 Å². The van der Waals surface area contributed by atoms with Crippen molar-refractivity contribution in [2.45, 2.75) is 26.2 Å². The Balaban J connectivity index is 2.62. The second-order valence-electron chi connectivity index (χ2n) is 3.59. The third kappa shape index (κ3) is 3.84. The number of nitrogens with one attached hydrogen (secondary N) is 1. The average Bonchev–Trinajstić information content (AvgIpc) is 2.23. The Morgan fingerprint density at radius 2 is 2.12 bits per heavy atom. The topological polar surface area (TPSA) is 55.2 Å². The molecule has 4 nitrogen and oxygen atoms in total. The van der Waals surface area contributed by atoms with E-state index in [1.54, 1.807) is 0 Å². The maximum absolute atomic E-state index is 13.0. The number of hydrogen-bond donors (Lipinski definition) is 1. The smallest absolute Gasteiger partial charge is 0.274 e. The van der Waals surface area contributed by atoms with Crippen molar-refractivity contribution in [1.29, 1.82) is 0 Å². The molecule has 0 aliphatic heterocycles. The summed E-state index contributed by atoms with van der Waals surface area (Å²) in [6.07, 6.45) is 3.16. The number of anilines is 1. The first-order chi connectivity index (χ1) is 7.63. The van der Waals surface area contributed by atoms with Gasteiger partial charge in [-0.3, -0.25) is 10.1 Å². The van der Waals surface area contributed by atoms with E-state index in [4.69, 9.17) is 0 Å². The number of benzene rings is 1. The Hall–Kier alpha value is -1.65. The van der Waals surface area contributed by atoms with Gasteiger partial charge in [0.15, 0.2) is 0 Å². The SMILES string of the molecule is CCCCCNc1cc(F)cc([N+](=O)[O-])c1. The van der Waals surface area contributed by atoms with E-state index < -0.39 is 10.7 Å². The number of halogens is 1. The summed E-state index contributed by atoms with van der Waals surface area (Å²) >= 11 is 0. The van der Waals surface area contributed by atoms with Crippen LogP contribution in [0.25, 0.3) is 0 Å². The minimum Gasteiger partial charge on any atom is -0.385 e. The van der Waals surface area contributed by atoms with Crippen LogP contribution in [0.5, 0.6) is 0 Å². The van der Waals surface area contributed by atoms with E-state index in [-0.39, 0.29) is 5.69 Å². The van der Waals surface area contributed by atoms with Crippen LogP contribution in [-0.4, -0.2) is 11.5 Å². The molecule has 1 rings (SSSR count). The van der Waals surface area contributed by atoms with Gasteiger partial charge in [0.05, 0.1) is 11.0 Å². The van der Waals surface area contributed by atoms with Crippen molar-refractivity contribution in [3.8, 4) is 0 Å². The summed E-state index contributed by atoms with van der Waals surface area (Å²) in [5, 5.41) is 13.5. The van der Waals surface area contributed by atoms with E-state index in [9.17, 15) is 14.5 Å². The highest BCUT2D eigenvalue weighted by atomic mass is 19.1. The van der Waals surface area contributed by atoms with Crippen LogP contribution in [0.4, 0.5) is 15.8 Å². The van der Waals surface area contributed by atoms with Gasteiger partial charge in [0.1, 0.15) is 5.82 Å². The van der Waals surface area contributed by atoms with Crippen molar-refractivity contribution in [3.63, 3.8) is 0 Å². The van der Waals surface area contributed by atoms with Gasteiger partial charge >= 0.3 is 0 Å². The number of rotatable bonds is 6. The molecule has 0 saturated heterocycles. The average molecular weight is 226 g/mol. The van der Waals surface area contributed by atoms with Gasteiger partial charge in [0, 0.05) is 18.3 Å². The fourth-order valence-electron chi connectivity index (χ4n) is 1.39. The van der Waals surface area contributed by atoms with Crippen molar-refractivity contribution in [1.82, 2.24) is 0 Å². The summed E-state index contributed by atoms with van der Waals surface area (Å²) in [4.78, 5) is 9.90. The molecule has 0 spiro atoms. The summed E-state index contributed by atoms with van der Waals surface area (Å²) < 4.78 is 13.0. The van der Waals surface area contributed by atoms with E-state index in [0.717, 1.165) is 25.3 Å². The molecule has 0 atom stereocenters. The molecule has 1 aromatic rings. The summed E-state index contributed by atoms with van der Waals surface area (Å²) in [7, 11) is 0. The normalized spacial score (nSPS) is 10.1. The molecule has 0 aliphatic carbocycles. The molecule has 0 unspecified atom stereocenters. The van der Waals surface area contributed by atoms with E-state index in [1.807, 2.05) is 0 Å². The Morgan fingerprint density at radius 1 is 1.38 bits per heavy atom. The van der Waals surface area contributed by atoms with Crippen molar-refractivity contribution in [2.24, 2.45) is 0 Å². The summed E-state index contributed by atoms with van der Waals surface area (Å²) in [5.41, 5.74) is 0.237. The van der Waals surface area contributed by atoms with Gasteiger partial charge in [-0.2, -0.15) is 0 Å². The molecule has 0 aromatic heterocycles. The van der Waals surface area contributed by atoms with Crippen LogP contribution in [0.3, 0.4) is 0 Å².